The summed E-state index contributed by atoms with van der Waals surface area (Å²) in [5.41, 5.74) is -0.379. The maximum atomic E-state index is 12.0. The number of methoxy groups -OCH3 is 1. The third-order valence-electron chi connectivity index (χ3n) is 3.96. The highest BCUT2D eigenvalue weighted by Crippen LogP contribution is 2.17. The van der Waals surface area contributed by atoms with Gasteiger partial charge in [-0.3, -0.25) is 14.9 Å². The van der Waals surface area contributed by atoms with Gasteiger partial charge in [0.05, 0.1) is 6.61 Å². The van der Waals surface area contributed by atoms with Crippen molar-refractivity contribution < 1.29 is 19.1 Å². The predicted octanol–water partition coefficient (Wildman–Crippen LogP) is 0.475. The summed E-state index contributed by atoms with van der Waals surface area (Å²) in [7, 11) is 1.60. The zero-order valence-corrected chi connectivity index (χ0v) is 15.8. The van der Waals surface area contributed by atoms with Crippen molar-refractivity contribution in [3.8, 4) is 0 Å². The minimum Gasteiger partial charge on any atom is -0.383 e. The van der Waals surface area contributed by atoms with E-state index in [2.05, 4.69) is 20.9 Å². The topological polar surface area (TPSA) is 99.8 Å². The van der Waals surface area contributed by atoms with Gasteiger partial charge in [-0.2, -0.15) is 0 Å². The lowest BCUT2D eigenvalue weighted by Crippen LogP contribution is -2.48. The molecule has 0 spiro atoms. The van der Waals surface area contributed by atoms with Crippen molar-refractivity contribution in [2.75, 3.05) is 39.9 Å². The molecule has 0 unspecified atom stereocenters. The third-order valence-corrected chi connectivity index (χ3v) is 3.96. The van der Waals surface area contributed by atoms with Gasteiger partial charge in [-0.25, -0.2) is 4.79 Å². The number of nitrogens with one attached hydrogen (secondary N) is 3. The lowest BCUT2D eigenvalue weighted by Gasteiger charge is -2.31. The standard InChI is InChI=1S/C17H32N4O4/c1-17(2,3)20-16(24)19-14(22)7-11-21-9-5-13(6-10-21)15(23)18-8-12-25-4/h13H,5-12H2,1-4H3,(H,18,23)(H2,19,20,22,24). The second-order valence-electron chi connectivity index (χ2n) is 7.40. The lowest BCUT2D eigenvalue weighted by atomic mass is 9.96. The minimum atomic E-state index is -0.469. The van der Waals surface area contributed by atoms with E-state index >= 15 is 0 Å². The maximum absolute atomic E-state index is 12.0. The summed E-state index contributed by atoms with van der Waals surface area (Å²) in [6.45, 7) is 8.76. The number of hydrogen-bond acceptors (Lipinski definition) is 5. The van der Waals surface area contributed by atoms with Crippen molar-refractivity contribution in [1.29, 1.82) is 0 Å². The number of piperidine rings is 1. The average molecular weight is 356 g/mol. The van der Waals surface area contributed by atoms with E-state index in [0.717, 1.165) is 25.9 Å². The fourth-order valence-corrected chi connectivity index (χ4v) is 2.66. The van der Waals surface area contributed by atoms with Gasteiger partial charge in [0, 0.05) is 38.1 Å². The molecule has 0 radical (unpaired) electrons. The molecule has 1 aliphatic heterocycles. The van der Waals surface area contributed by atoms with E-state index in [1.165, 1.54) is 0 Å². The van der Waals surface area contributed by atoms with Crippen molar-refractivity contribution in [3.05, 3.63) is 0 Å². The first kappa shape index (κ1) is 21.4. The van der Waals surface area contributed by atoms with Gasteiger partial charge in [0.2, 0.25) is 11.8 Å². The molecule has 0 aromatic heterocycles. The summed E-state index contributed by atoms with van der Waals surface area (Å²) in [4.78, 5) is 37.6. The Hall–Kier alpha value is -1.67. The van der Waals surface area contributed by atoms with Crippen LogP contribution in [0.25, 0.3) is 0 Å². The minimum absolute atomic E-state index is 0.0273. The Bertz CT molecular complexity index is 454. The summed E-state index contributed by atoms with van der Waals surface area (Å²) in [5.74, 6) is -0.186. The van der Waals surface area contributed by atoms with Crippen molar-refractivity contribution in [3.63, 3.8) is 0 Å². The molecule has 4 amide bonds. The van der Waals surface area contributed by atoms with Crippen LogP contribution in [0.3, 0.4) is 0 Å². The molecule has 0 bridgehead atoms. The second kappa shape index (κ2) is 10.4. The number of likely N-dealkylation sites (tertiary alicyclic amines) is 1. The molecule has 0 atom stereocenters. The first-order chi connectivity index (χ1) is 11.7. The van der Waals surface area contributed by atoms with Gasteiger partial charge < -0.3 is 20.3 Å². The summed E-state index contributed by atoms with van der Waals surface area (Å²) in [5, 5.41) is 7.90. The summed E-state index contributed by atoms with van der Waals surface area (Å²) in [6.07, 6.45) is 1.83. The molecule has 1 heterocycles. The highest BCUT2D eigenvalue weighted by atomic mass is 16.5. The zero-order chi connectivity index (χ0) is 18.9. The van der Waals surface area contributed by atoms with Crippen LogP contribution in [0.15, 0.2) is 0 Å². The molecule has 1 saturated heterocycles. The Labute approximate surface area is 150 Å². The number of nitrogens with zero attached hydrogens (tertiary/aromatic N) is 1. The van der Waals surface area contributed by atoms with Crippen molar-refractivity contribution in [1.82, 2.24) is 20.9 Å². The predicted molar refractivity (Wildman–Crippen MR) is 95.1 cm³/mol. The highest BCUT2D eigenvalue weighted by Gasteiger charge is 2.25. The second-order valence-corrected chi connectivity index (χ2v) is 7.40. The molecule has 25 heavy (non-hydrogen) atoms. The van der Waals surface area contributed by atoms with Gasteiger partial charge >= 0.3 is 6.03 Å². The maximum Gasteiger partial charge on any atom is 0.321 e. The number of urea groups is 1. The molecule has 1 fully saturated rings. The normalized spacial score (nSPS) is 16.3. The quantitative estimate of drug-likeness (QED) is 0.576. The molecule has 0 saturated carbocycles. The molecule has 0 aliphatic carbocycles. The number of rotatable bonds is 7. The van der Waals surface area contributed by atoms with E-state index in [1.54, 1.807) is 7.11 Å². The van der Waals surface area contributed by atoms with Gasteiger partial charge in [-0.1, -0.05) is 0 Å². The number of ether oxygens (including phenoxy) is 1. The molecule has 8 nitrogen and oxygen atoms in total. The van der Waals surface area contributed by atoms with Gasteiger partial charge in [0.1, 0.15) is 0 Å². The van der Waals surface area contributed by atoms with Crippen LogP contribution in [0.1, 0.15) is 40.0 Å². The number of carbonyl (C=O) groups excluding carboxylic acids is 3. The van der Waals surface area contributed by atoms with Crippen molar-refractivity contribution >= 4 is 17.8 Å². The monoisotopic (exact) mass is 356 g/mol. The summed E-state index contributed by atoms with van der Waals surface area (Å²) in [6, 6.07) is -0.469. The van der Waals surface area contributed by atoms with Crippen molar-refractivity contribution in [2.24, 2.45) is 5.92 Å². The van der Waals surface area contributed by atoms with Crippen LogP contribution in [-0.2, 0) is 14.3 Å². The molecule has 3 N–H and O–H groups in total. The number of imide groups is 1. The molecule has 0 aromatic rings. The van der Waals surface area contributed by atoms with Crippen LogP contribution >= 0.6 is 0 Å². The first-order valence-electron chi connectivity index (χ1n) is 8.82. The van der Waals surface area contributed by atoms with E-state index < -0.39 is 6.03 Å². The van der Waals surface area contributed by atoms with Gasteiger partial charge in [0.15, 0.2) is 0 Å². The Morgan fingerprint density at radius 1 is 1.16 bits per heavy atom. The number of amides is 4. The van der Waals surface area contributed by atoms with Crippen LogP contribution in [-0.4, -0.2) is 68.2 Å². The van der Waals surface area contributed by atoms with Gasteiger partial charge in [-0.15, -0.1) is 0 Å². The fraction of sp³-hybridized carbons (Fsp3) is 0.824. The van der Waals surface area contributed by atoms with E-state index in [1.807, 2.05) is 20.8 Å². The number of carbonyl (C=O) groups is 3. The SMILES string of the molecule is COCCNC(=O)C1CCN(CCC(=O)NC(=O)NC(C)(C)C)CC1. The molecule has 1 aliphatic rings. The van der Waals surface area contributed by atoms with Gasteiger partial charge in [0.25, 0.3) is 0 Å². The fourth-order valence-electron chi connectivity index (χ4n) is 2.66. The zero-order valence-electron chi connectivity index (χ0n) is 15.8. The molecule has 8 heteroatoms. The van der Waals surface area contributed by atoms with Crippen LogP contribution in [0.5, 0.6) is 0 Å². The van der Waals surface area contributed by atoms with Crippen LogP contribution < -0.4 is 16.0 Å². The first-order valence-corrected chi connectivity index (χ1v) is 8.82. The summed E-state index contributed by atoms with van der Waals surface area (Å²) < 4.78 is 4.92. The molecule has 144 valence electrons. The largest absolute Gasteiger partial charge is 0.383 e. The Kier molecular flexibility index (Phi) is 8.85. The highest BCUT2D eigenvalue weighted by molar-refractivity contribution is 5.94. The molecular formula is C17H32N4O4. The molecule has 0 aromatic carbocycles. The third kappa shape index (κ3) is 9.40. The van der Waals surface area contributed by atoms with Gasteiger partial charge in [-0.05, 0) is 46.7 Å². The van der Waals surface area contributed by atoms with Crippen molar-refractivity contribution in [2.45, 2.75) is 45.6 Å². The molecular weight excluding hydrogens is 324 g/mol. The number of hydrogen-bond donors (Lipinski definition) is 3. The van der Waals surface area contributed by atoms with E-state index in [4.69, 9.17) is 4.74 Å². The Morgan fingerprint density at radius 2 is 1.80 bits per heavy atom. The Balaban J connectivity index is 2.20. The van der Waals surface area contributed by atoms with Crippen LogP contribution in [0, 0.1) is 5.92 Å². The smallest absolute Gasteiger partial charge is 0.321 e. The summed E-state index contributed by atoms with van der Waals surface area (Å²) >= 11 is 0. The van der Waals surface area contributed by atoms with Crippen LogP contribution in [0.2, 0.25) is 0 Å². The van der Waals surface area contributed by atoms with E-state index in [0.29, 0.717) is 19.7 Å². The van der Waals surface area contributed by atoms with E-state index in [-0.39, 0.29) is 29.7 Å². The lowest BCUT2D eigenvalue weighted by molar-refractivity contribution is -0.127. The average Bonchev–Trinajstić information content (AvgIpc) is 2.51. The van der Waals surface area contributed by atoms with E-state index in [9.17, 15) is 14.4 Å². The molecule has 1 rings (SSSR count). The Morgan fingerprint density at radius 3 is 2.36 bits per heavy atom. The van der Waals surface area contributed by atoms with Crippen LogP contribution in [0.4, 0.5) is 4.79 Å².